The van der Waals surface area contributed by atoms with Crippen molar-refractivity contribution in [2.75, 3.05) is 36.8 Å². The van der Waals surface area contributed by atoms with Gasteiger partial charge in [0.05, 0.1) is 18.2 Å². The van der Waals surface area contributed by atoms with Crippen LogP contribution in [-0.4, -0.2) is 80.7 Å². The number of nitriles is 1. The Hall–Kier alpha value is -3.10. The number of piperazine rings is 1. The molecule has 1 unspecified atom stereocenters. The number of pyridine rings is 1. The number of rotatable bonds is 9. The van der Waals surface area contributed by atoms with Gasteiger partial charge in [-0.2, -0.15) is 5.26 Å². The van der Waals surface area contributed by atoms with Crippen LogP contribution in [-0.2, 0) is 11.3 Å². The number of nitrogens with one attached hydrogen (secondary N) is 1. The predicted molar refractivity (Wildman–Crippen MR) is 140 cm³/mol. The van der Waals surface area contributed by atoms with E-state index < -0.39 is 0 Å². The monoisotopic (exact) mass is 530 g/mol. The van der Waals surface area contributed by atoms with Gasteiger partial charge in [0.2, 0.25) is 5.91 Å². The second-order valence-corrected chi connectivity index (χ2v) is 10.1. The topological polar surface area (TPSA) is 118 Å². The molecule has 0 spiro atoms. The van der Waals surface area contributed by atoms with Gasteiger partial charge in [-0.1, -0.05) is 29.4 Å². The fourth-order valence-electron chi connectivity index (χ4n) is 3.82. The van der Waals surface area contributed by atoms with Crippen molar-refractivity contribution in [2.24, 2.45) is 0 Å². The minimum Gasteiger partial charge on any atom is -0.353 e. The maximum absolute atomic E-state index is 13.0. The highest BCUT2D eigenvalue weighted by atomic mass is 35.5. The summed E-state index contributed by atoms with van der Waals surface area (Å²) in [5.74, 6) is 0.658. The molecule has 1 N–H and O–H groups in total. The highest BCUT2D eigenvalue weighted by Gasteiger charge is 2.29. The molecule has 0 aromatic carbocycles. The lowest BCUT2D eigenvalue weighted by molar-refractivity contribution is -0.128. The molecule has 192 valence electrons. The van der Waals surface area contributed by atoms with Crippen LogP contribution in [0.5, 0.6) is 0 Å². The minimum absolute atomic E-state index is 0.00918. The first-order chi connectivity index (χ1) is 17.3. The summed E-state index contributed by atoms with van der Waals surface area (Å²) in [7, 11) is 0. The number of aromatic nitrogens is 3. The first kappa shape index (κ1) is 27.5. The van der Waals surface area contributed by atoms with Gasteiger partial charge in [0, 0.05) is 63.3 Å². The zero-order valence-corrected chi connectivity index (χ0v) is 22.3. The summed E-state index contributed by atoms with van der Waals surface area (Å²) in [5, 5.41) is 12.6. The van der Waals surface area contributed by atoms with Crippen LogP contribution in [0.25, 0.3) is 0 Å². The third-order valence-electron chi connectivity index (χ3n) is 5.55. The summed E-state index contributed by atoms with van der Waals surface area (Å²) in [6.45, 7) is 8.36. The molecule has 12 heteroatoms. The normalized spacial score (nSPS) is 15.5. The second kappa shape index (κ2) is 13.3. The van der Waals surface area contributed by atoms with Crippen LogP contribution in [0.2, 0.25) is 5.15 Å². The van der Waals surface area contributed by atoms with Crippen molar-refractivity contribution < 1.29 is 9.59 Å². The third-order valence-corrected chi connectivity index (χ3v) is 6.58. The largest absolute Gasteiger partial charge is 0.353 e. The zero-order chi connectivity index (χ0) is 26.1. The van der Waals surface area contributed by atoms with Crippen molar-refractivity contribution in [1.29, 1.82) is 5.26 Å². The third kappa shape index (κ3) is 7.96. The van der Waals surface area contributed by atoms with E-state index in [2.05, 4.69) is 31.2 Å². The lowest BCUT2D eigenvalue weighted by atomic mass is 10.2. The van der Waals surface area contributed by atoms with Crippen molar-refractivity contribution in [3.63, 3.8) is 0 Å². The number of hydrogen-bond acceptors (Lipinski definition) is 8. The summed E-state index contributed by atoms with van der Waals surface area (Å²) in [6.07, 6.45) is 3.63. The summed E-state index contributed by atoms with van der Waals surface area (Å²) in [5.41, 5.74) is 0.894. The molecule has 10 nitrogen and oxygen atoms in total. The smallest absolute Gasteiger partial charge is 0.317 e. The maximum atomic E-state index is 13.0. The molecule has 0 radical (unpaired) electrons. The van der Waals surface area contributed by atoms with E-state index in [0.717, 1.165) is 5.56 Å². The average molecular weight is 531 g/mol. The predicted octanol–water partition coefficient (Wildman–Crippen LogP) is 3.19. The van der Waals surface area contributed by atoms with E-state index in [1.807, 2.05) is 37.8 Å². The first-order valence-electron chi connectivity index (χ1n) is 11.8. The van der Waals surface area contributed by atoms with E-state index in [0.29, 0.717) is 48.9 Å². The molecule has 1 aliphatic rings. The molecule has 36 heavy (non-hydrogen) atoms. The van der Waals surface area contributed by atoms with Crippen molar-refractivity contribution >= 4 is 41.1 Å². The van der Waals surface area contributed by atoms with Gasteiger partial charge in [0.1, 0.15) is 11.0 Å². The Morgan fingerprint density at radius 1 is 1.36 bits per heavy atom. The zero-order valence-electron chi connectivity index (χ0n) is 20.7. The van der Waals surface area contributed by atoms with Crippen molar-refractivity contribution in [3.05, 3.63) is 41.3 Å². The molecule has 0 saturated carbocycles. The van der Waals surface area contributed by atoms with Gasteiger partial charge in [0.15, 0.2) is 5.16 Å². The highest BCUT2D eigenvalue weighted by Crippen LogP contribution is 2.24. The fourth-order valence-corrected chi connectivity index (χ4v) is 4.80. The summed E-state index contributed by atoms with van der Waals surface area (Å²) < 4.78 is 0. The molecule has 3 heterocycles. The number of nitrogens with zero attached hydrogens (tertiary/aromatic N) is 7. The van der Waals surface area contributed by atoms with E-state index in [1.165, 1.54) is 11.8 Å². The lowest BCUT2D eigenvalue weighted by Gasteiger charge is -2.40. The number of halogens is 1. The Balaban J connectivity index is 1.63. The quantitative estimate of drug-likeness (QED) is 0.298. The van der Waals surface area contributed by atoms with Gasteiger partial charge >= 0.3 is 6.03 Å². The van der Waals surface area contributed by atoms with Crippen LogP contribution in [0.1, 0.15) is 32.8 Å². The summed E-state index contributed by atoms with van der Waals surface area (Å²) in [4.78, 5) is 43.9. The number of anilines is 1. The van der Waals surface area contributed by atoms with E-state index in [-0.39, 0.29) is 36.2 Å². The average Bonchev–Trinajstić information content (AvgIpc) is 2.84. The van der Waals surface area contributed by atoms with Gasteiger partial charge in [-0.3, -0.25) is 9.78 Å². The molecule has 1 saturated heterocycles. The van der Waals surface area contributed by atoms with E-state index >= 15 is 0 Å². The molecular formula is C24H31ClN8O2S. The van der Waals surface area contributed by atoms with Gasteiger partial charge in [-0.25, -0.2) is 14.8 Å². The van der Waals surface area contributed by atoms with Gasteiger partial charge in [-0.15, -0.1) is 0 Å². The molecule has 1 fully saturated rings. The van der Waals surface area contributed by atoms with Crippen molar-refractivity contribution in [3.8, 4) is 6.07 Å². The fraction of sp³-hybridized carbons (Fsp3) is 0.500. The molecule has 0 bridgehead atoms. The van der Waals surface area contributed by atoms with E-state index in [4.69, 9.17) is 16.9 Å². The first-order valence-corrected chi connectivity index (χ1v) is 13.2. The van der Waals surface area contributed by atoms with Crippen LogP contribution in [0, 0.1) is 11.3 Å². The Morgan fingerprint density at radius 2 is 2.17 bits per heavy atom. The standard InChI is InChI=1S/C24H31ClN8O2S/c1-17(2)28-24(35)33-11-10-31(14-18(33)3)21-12-20(25)29-23(30-21)36-16-22(34)32(9-5-7-26)15-19-6-4-8-27-13-19/h4,6,8,12-13,17-18H,5,9-11,14-16H2,1-3H3,(H,28,35). The molecule has 1 atom stereocenters. The van der Waals surface area contributed by atoms with Crippen LogP contribution in [0.3, 0.4) is 0 Å². The van der Waals surface area contributed by atoms with Gasteiger partial charge < -0.3 is 20.0 Å². The Bertz CT molecular complexity index is 1080. The molecule has 3 rings (SSSR count). The van der Waals surface area contributed by atoms with Crippen LogP contribution in [0.4, 0.5) is 10.6 Å². The van der Waals surface area contributed by atoms with Crippen molar-refractivity contribution in [1.82, 2.24) is 30.1 Å². The summed E-state index contributed by atoms with van der Waals surface area (Å²) >= 11 is 7.50. The summed E-state index contributed by atoms with van der Waals surface area (Å²) in [6, 6.07) is 7.50. The molecule has 1 aliphatic heterocycles. The Labute approximate surface area is 221 Å². The SMILES string of the molecule is CC(C)NC(=O)N1CCN(c2cc(Cl)nc(SCC(=O)N(CCC#N)Cc3cccnc3)n2)CC1C. The molecule has 2 aromatic heterocycles. The molecule has 0 aliphatic carbocycles. The van der Waals surface area contributed by atoms with Gasteiger partial charge in [0.25, 0.3) is 0 Å². The number of carbonyl (C=O) groups is 2. The number of thioether (sulfide) groups is 1. The van der Waals surface area contributed by atoms with Crippen LogP contribution in [0.15, 0.2) is 35.7 Å². The Morgan fingerprint density at radius 3 is 2.83 bits per heavy atom. The van der Waals surface area contributed by atoms with E-state index in [9.17, 15) is 9.59 Å². The Kier molecular flexibility index (Phi) is 10.1. The molecule has 2 aromatic rings. The number of amides is 3. The van der Waals surface area contributed by atoms with E-state index in [1.54, 1.807) is 23.4 Å². The second-order valence-electron chi connectivity index (χ2n) is 8.80. The number of hydrogen-bond donors (Lipinski definition) is 1. The maximum Gasteiger partial charge on any atom is 0.317 e. The van der Waals surface area contributed by atoms with Gasteiger partial charge in [-0.05, 0) is 32.4 Å². The minimum atomic E-state index is -0.123. The van der Waals surface area contributed by atoms with Crippen LogP contribution >= 0.6 is 23.4 Å². The number of carbonyl (C=O) groups excluding carboxylic acids is 2. The number of urea groups is 1. The molecule has 3 amide bonds. The molecular weight excluding hydrogens is 500 g/mol. The van der Waals surface area contributed by atoms with Crippen LogP contribution < -0.4 is 10.2 Å². The highest BCUT2D eigenvalue weighted by molar-refractivity contribution is 7.99. The van der Waals surface area contributed by atoms with Crippen molar-refractivity contribution in [2.45, 2.75) is 51.0 Å². The lowest BCUT2D eigenvalue weighted by Crippen LogP contribution is -2.57.